The Morgan fingerprint density at radius 2 is 1.84 bits per heavy atom. The summed E-state index contributed by atoms with van der Waals surface area (Å²) >= 11 is 0. The number of hydrogen-bond acceptors (Lipinski definition) is 3. The highest BCUT2D eigenvalue weighted by Gasteiger charge is 2.11. The second-order valence-corrected chi connectivity index (χ2v) is 8.41. The zero-order valence-electron chi connectivity index (χ0n) is 14.3. The van der Waals surface area contributed by atoms with Crippen molar-refractivity contribution in [3.05, 3.63) is 59.2 Å². The second-order valence-electron chi connectivity index (χ2n) is 6.40. The SMILES string of the molecule is CS(=O)(=O)c1ccc(CCN=C(N)Nc2ccc3c(c2)CCC3)cc1. The van der Waals surface area contributed by atoms with Crippen molar-refractivity contribution in [3.63, 3.8) is 0 Å². The largest absolute Gasteiger partial charge is 0.370 e. The topological polar surface area (TPSA) is 84.5 Å². The number of nitrogens with one attached hydrogen (secondary N) is 1. The first-order valence-electron chi connectivity index (χ1n) is 8.39. The summed E-state index contributed by atoms with van der Waals surface area (Å²) in [6.45, 7) is 0.544. The van der Waals surface area contributed by atoms with Gasteiger partial charge < -0.3 is 11.1 Å². The van der Waals surface area contributed by atoms with Gasteiger partial charge in [0.15, 0.2) is 15.8 Å². The average molecular weight is 357 g/mol. The van der Waals surface area contributed by atoms with Gasteiger partial charge >= 0.3 is 0 Å². The van der Waals surface area contributed by atoms with E-state index in [-0.39, 0.29) is 0 Å². The molecule has 0 unspecified atom stereocenters. The highest BCUT2D eigenvalue weighted by atomic mass is 32.2. The molecular formula is C19H23N3O2S. The summed E-state index contributed by atoms with van der Waals surface area (Å²) in [6.07, 6.45) is 5.43. The van der Waals surface area contributed by atoms with E-state index < -0.39 is 9.84 Å². The molecule has 0 bridgehead atoms. The van der Waals surface area contributed by atoms with Gasteiger partial charge in [-0.2, -0.15) is 0 Å². The minimum atomic E-state index is -3.15. The van der Waals surface area contributed by atoms with Crippen LogP contribution in [0.2, 0.25) is 0 Å². The van der Waals surface area contributed by atoms with E-state index in [0.29, 0.717) is 23.8 Å². The Balaban J connectivity index is 1.55. The van der Waals surface area contributed by atoms with E-state index in [1.165, 1.54) is 23.8 Å². The van der Waals surface area contributed by atoms with Crippen molar-refractivity contribution in [1.82, 2.24) is 0 Å². The fourth-order valence-corrected chi connectivity index (χ4v) is 3.68. The third kappa shape index (κ3) is 4.60. The van der Waals surface area contributed by atoms with Crippen molar-refractivity contribution >= 4 is 21.5 Å². The van der Waals surface area contributed by atoms with Gasteiger partial charge in [0.2, 0.25) is 0 Å². The number of aliphatic imine (C=N–C) groups is 1. The van der Waals surface area contributed by atoms with Crippen molar-refractivity contribution < 1.29 is 8.42 Å². The van der Waals surface area contributed by atoms with Gasteiger partial charge in [-0.15, -0.1) is 0 Å². The summed E-state index contributed by atoms with van der Waals surface area (Å²) in [5, 5.41) is 3.14. The third-order valence-electron chi connectivity index (χ3n) is 4.41. The van der Waals surface area contributed by atoms with E-state index in [9.17, 15) is 8.42 Å². The van der Waals surface area contributed by atoms with Gasteiger partial charge in [-0.1, -0.05) is 18.2 Å². The maximum Gasteiger partial charge on any atom is 0.193 e. The number of nitrogens with two attached hydrogens (primary N) is 1. The van der Waals surface area contributed by atoms with Crippen molar-refractivity contribution in [2.24, 2.45) is 10.7 Å². The van der Waals surface area contributed by atoms with Crippen LogP contribution in [-0.4, -0.2) is 27.2 Å². The summed E-state index contributed by atoms with van der Waals surface area (Å²) in [4.78, 5) is 4.68. The zero-order valence-corrected chi connectivity index (χ0v) is 15.1. The minimum absolute atomic E-state index is 0.331. The van der Waals surface area contributed by atoms with Gasteiger partial charge in [-0.05, 0) is 66.6 Å². The average Bonchev–Trinajstić information content (AvgIpc) is 3.02. The number of guanidine groups is 1. The summed E-state index contributed by atoms with van der Waals surface area (Å²) in [5.74, 6) is 0.394. The predicted octanol–water partition coefficient (Wildman–Crippen LogP) is 2.55. The van der Waals surface area contributed by atoms with E-state index in [4.69, 9.17) is 5.73 Å². The van der Waals surface area contributed by atoms with Crippen LogP contribution in [0.3, 0.4) is 0 Å². The normalized spacial score (nSPS) is 14.4. The molecule has 0 radical (unpaired) electrons. The quantitative estimate of drug-likeness (QED) is 0.636. The molecule has 3 rings (SSSR count). The number of benzene rings is 2. The fourth-order valence-electron chi connectivity index (χ4n) is 3.05. The number of sulfone groups is 1. The van der Waals surface area contributed by atoms with Crippen LogP contribution in [0.25, 0.3) is 0 Å². The van der Waals surface area contributed by atoms with E-state index in [1.54, 1.807) is 12.1 Å². The van der Waals surface area contributed by atoms with Crippen molar-refractivity contribution in [2.75, 3.05) is 18.1 Å². The lowest BCUT2D eigenvalue weighted by molar-refractivity contribution is 0.602. The minimum Gasteiger partial charge on any atom is -0.370 e. The first-order valence-corrected chi connectivity index (χ1v) is 10.3. The molecule has 1 aliphatic carbocycles. The van der Waals surface area contributed by atoms with E-state index in [0.717, 1.165) is 24.1 Å². The summed E-state index contributed by atoms with van der Waals surface area (Å²) in [5.41, 5.74) is 10.8. The number of rotatable bonds is 5. The molecule has 0 fully saturated rings. The Morgan fingerprint density at radius 3 is 2.56 bits per heavy atom. The lowest BCUT2D eigenvalue weighted by Gasteiger charge is -2.08. The zero-order chi connectivity index (χ0) is 17.9. The summed E-state index contributed by atoms with van der Waals surface area (Å²) < 4.78 is 22.9. The van der Waals surface area contributed by atoms with Crippen LogP contribution in [0, 0.1) is 0 Å². The molecule has 25 heavy (non-hydrogen) atoms. The van der Waals surface area contributed by atoms with Crippen molar-refractivity contribution in [2.45, 2.75) is 30.6 Å². The standard InChI is InChI=1S/C19H23N3O2S/c1-25(23,24)18-9-5-14(6-10-18)11-12-21-19(20)22-17-8-7-15-3-2-4-16(15)13-17/h5-10,13H,2-4,11-12H2,1H3,(H3,20,21,22). The Kier molecular flexibility index (Phi) is 5.08. The van der Waals surface area contributed by atoms with Crippen LogP contribution >= 0.6 is 0 Å². The number of fused-ring (bicyclic) bond motifs is 1. The van der Waals surface area contributed by atoms with Gasteiger partial charge in [-0.3, -0.25) is 4.99 Å². The Labute approximate surface area is 148 Å². The Hall–Kier alpha value is -2.34. The molecule has 0 saturated heterocycles. The van der Waals surface area contributed by atoms with Crippen LogP contribution in [0.5, 0.6) is 0 Å². The molecule has 0 amide bonds. The lowest BCUT2D eigenvalue weighted by Crippen LogP contribution is -2.23. The highest BCUT2D eigenvalue weighted by Crippen LogP contribution is 2.24. The van der Waals surface area contributed by atoms with Crippen molar-refractivity contribution in [1.29, 1.82) is 0 Å². The molecule has 1 aliphatic rings. The highest BCUT2D eigenvalue weighted by molar-refractivity contribution is 7.90. The van der Waals surface area contributed by atoms with Crippen LogP contribution in [0.15, 0.2) is 52.4 Å². The van der Waals surface area contributed by atoms with Crippen LogP contribution in [0.4, 0.5) is 5.69 Å². The van der Waals surface area contributed by atoms with Gasteiger partial charge in [0.25, 0.3) is 0 Å². The Bertz CT molecular complexity index is 887. The van der Waals surface area contributed by atoms with E-state index in [1.807, 2.05) is 18.2 Å². The molecule has 132 valence electrons. The number of anilines is 1. The first-order chi connectivity index (χ1) is 11.9. The number of hydrogen-bond donors (Lipinski definition) is 2. The van der Waals surface area contributed by atoms with Crippen LogP contribution in [0.1, 0.15) is 23.1 Å². The summed E-state index contributed by atoms with van der Waals surface area (Å²) in [7, 11) is -3.15. The molecule has 2 aromatic rings. The molecule has 0 aromatic heterocycles. The smallest absolute Gasteiger partial charge is 0.193 e. The van der Waals surface area contributed by atoms with Crippen molar-refractivity contribution in [3.8, 4) is 0 Å². The van der Waals surface area contributed by atoms with Gasteiger partial charge in [0, 0.05) is 18.5 Å². The molecule has 0 aliphatic heterocycles. The number of aryl methyl sites for hydroxylation is 2. The number of nitrogens with zero attached hydrogens (tertiary/aromatic N) is 1. The predicted molar refractivity (Wildman–Crippen MR) is 102 cm³/mol. The maximum atomic E-state index is 11.4. The van der Waals surface area contributed by atoms with Gasteiger partial charge in [0.05, 0.1) is 4.90 Å². The van der Waals surface area contributed by atoms with E-state index >= 15 is 0 Å². The van der Waals surface area contributed by atoms with Crippen LogP contribution < -0.4 is 11.1 Å². The second kappa shape index (κ2) is 7.27. The monoisotopic (exact) mass is 357 g/mol. The molecule has 0 atom stereocenters. The fraction of sp³-hybridized carbons (Fsp3) is 0.316. The lowest BCUT2D eigenvalue weighted by atomic mass is 10.1. The van der Waals surface area contributed by atoms with E-state index in [2.05, 4.69) is 22.4 Å². The molecule has 0 spiro atoms. The molecule has 6 heteroatoms. The molecule has 0 saturated carbocycles. The summed E-state index contributed by atoms with van der Waals surface area (Å²) in [6, 6.07) is 13.2. The maximum absolute atomic E-state index is 11.4. The third-order valence-corrected chi connectivity index (χ3v) is 5.53. The van der Waals surface area contributed by atoms with Gasteiger partial charge in [0.1, 0.15) is 0 Å². The molecular weight excluding hydrogens is 334 g/mol. The molecule has 5 nitrogen and oxygen atoms in total. The molecule has 3 N–H and O–H groups in total. The Morgan fingerprint density at radius 1 is 1.12 bits per heavy atom. The first kappa shape index (κ1) is 17.5. The molecule has 2 aromatic carbocycles. The van der Waals surface area contributed by atoms with Crippen LogP contribution in [-0.2, 0) is 29.1 Å². The molecule has 0 heterocycles. The van der Waals surface area contributed by atoms with Gasteiger partial charge in [-0.25, -0.2) is 8.42 Å².